The summed E-state index contributed by atoms with van der Waals surface area (Å²) >= 11 is 0. The number of amides is 1. The van der Waals surface area contributed by atoms with E-state index in [1.807, 2.05) is 0 Å². The fraction of sp³-hybridized carbons (Fsp3) is 0.400. The number of ether oxygens (including phenoxy) is 1. The van der Waals surface area contributed by atoms with E-state index in [9.17, 15) is 24.5 Å². The summed E-state index contributed by atoms with van der Waals surface area (Å²) in [4.78, 5) is 46.5. The number of anilines is 1. The van der Waals surface area contributed by atoms with E-state index < -0.39 is 28.8 Å². The number of aliphatic carboxylic acids is 1. The first kappa shape index (κ1) is 18.2. The van der Waals surface area contributed by atoms with Gasteiger partial charge in [-0.25, -0.2) is 9.59 Å². The molecule has 1 heterocycles. The molecule has 1 amide bonds. The van der Waals surface area contributed by atoms with Crippen LogP contribution < -0.4 is 15.0 Å². The minimum absolute atomic E-state index is 0.0168. The average Bonchev–Trinajstić information content (AvgIpc) is 2.51. The molecule has 25 heavy (non-hydrogen) atoms. The maximum Gasteiger partial charge on any atom is 0.331 e. The van der Waals surface area contributed by atoms with E-state index in [1.165, 1.54) is 17.0 Å². The predicted octanol–water partition coefficient (Wildman–Crippen LogP) is 0.546. The number of nitro groups is 1. The van der Waals surface area contributed by atoms with Crippen molar-refractivity contribution < 1.29 is 29.2 Å². The summed E-state index contributed by atoms with van der Waals surface area (Å²) in [5.74, 6) is -2.74. The normalized spacial score (nSPS) is 14.5. The van der Waals surface area contributed by atoms with Crippen LogP contribution in [-0.2, 0) is 14.4 Å². The van der Waals surface area contributed by atoms with Gasteiger partial charge in [0.25, 0.3) is 5.69 Å². The Balaban J connectivity index is 2.18. The van der Waals surface area contributed by atoms with Crippen molar-refractivity contribution in [1.29, 1.82) is 0 Å². The largest absolute Gasteiger partial charge is 0.480 e. The summed E-state index contributed by atoms with van der Waals surface area (Å²) in [6, 6.07) is 2.66. The fourth-order valence-corrected chi connectivity index (χ4v) is 2.40. The molecule has 0 bridgehead atoms. The van der Waals surface area contributed by atoms with Gasteiger partial charge in [0.2, 0.25) is 5.91 Å². The summed E-state index contributed by atoms with van der Waals surface area (Å²) < 4.78 is 4.98. The van der Waals surface area contributed by atoms with Gasteiger partial charge in [-0.1, -0.05) is 13.8 Å². The predicted molar refractivity (Wildman–Crippen MR) is 85.3 cm³/mol. The van der Waals surface area contributed by atoms with Crippen molar-refractivity contribution in [2.24, 2.45) is 5.92 Å². The number of esters is 1. The van der Waals surface area contributed by atoms with E-state index in [4.69, 9.17) is 9.84 Å². The molecule has 1 aliphatic rings. The highest BCUT2D eigenvalue weighted by Gasteiger charge is 2.29. The number of carboxylic acids is 1. The Kier molecular flexibility index (Phi) is 5.20. The zero-order chi connectivity index (χ0) is 18.7. The molecule has 0 spiro atoms. The number of hydrogen-bond acceptors (Lipinski definition) is 7. The standard InChI is InChI=1S/C15H17N3O7/c1-8(2)14(15(21)22)16-12(19)6-17-7-13(20)25-11-5-9(18(23)24)3-4-10(11)17/h3-5,8,14H,6-7H2,1-2H3,(H,16,19)(H,21,22). The molecule has 0 saturated carbocycles. The van der Waals surface area contributed by atoms with Gasteiger partial charge in [-0.2, -0.15) is 0 Å². The number of benzene rings is 1. The maximum absolute atomic E-state index is 12.1. The van der Waals surface area contributed by atoms with Gasteiger partial charge in [0, 0.05) is 6.07 Å². The third-order valence-corrected chi connectivity index (χ3v) is 3.62. The number of nitro benzene ring substituents is 1. The van der Waals surface area contributed by atoms with Gasteiger partial charge in [0.1, 0.15) is 12.6 Å². The highest BCUT2D eigenvalue weighted by Crippen LogP contribution is 2.34. The first-order valence-electron chi connectivity index (χ1n) is 7.45. The van der Waals surface area contributed by atoms with Crippen LogP contribution in [0.2, 0.25) is 0 Å². The van der Waals surface area contributed by atoms with Crippen LogP contribution in [0.25, 0.3) is 0 Å². The molecule has 0 radical (unpaired) electrons. The number of rotatable bonds is 6. The topological polar surface area (TPSA) is 139 Å². The number of nitrogens with zero attached hydrogens (tertiary/aromatic N) is 2. The number of carbonyl (C=O) groups is 3. The van der Waals surface area contributed by atoms with Crippen LogP contribution >= 0.6 is 0 Å². The van der Waals surface area contributed by atoms with Gasteiger partial charge < -0.3 is 20.1 Å². The molecular weight excluding hydrogens is 334 g/mol. The van der Waals surface area contributed by atoms with E-state index in [0.717, 1.165) is 6.07 Å². The Morgan fingerprint density at radius 2 is 2.12 bits per heavy atom. The SMILES string of the molecule is CC(C)C(NC(=O)CN1CC(=O)Oc2cc([N+](=O)[O-])ccc21)C(=O)O. The van der Waals surface area contributed by atoms with E-state index in [-0.39, 0.29) is 30.4 Å². The molecular formula is C15H17N3O7. The van der Waals surface area contributed by atoms with Crippen molar-refractivity contribution in [2.75, 3.05) is 18.0 Å². The summed E-state index contributed by atoms with van der Waals surface area (Å²) in [5.41, 5.74) is 0.0976. The number of non-ortho nitro benzene ring substituents is 1. The molecule has 10 nitrogen and oxygen atoms in total. The number of carbonyl (C=O) groups excluding carboxylic acids is 2. The molecule has 1 aliphatic heterocycles. The van der Waals surface area contributed by atoms with Gasteiger partial charge in [-0.3, -0.25) is 14.9 Å². The van der Waals surface area contributed by atoms with E-state index in [2.05, 4.69) is 5.32 Å². The zero-order valence-corrected chi connectivity index (χ0v) is 13.6. The molecule has 1 aromatic carbocycles. The summed E-state index contributed by atoms with van der Waals surface area (Å²) in [7, 11) is 0. The monoisotopic (exact) mass is 351 g/mol. The van der Waals surface area contributed by atoms with Crippen LogP contribution in [0.15, 0.2) is 18.2 Å². The summed E-state index contributed by atoms with van der Waals surface area (Å²) in [5, 5.41) is 22.3. The quantitative estimate of drug-likeness (QED) is 0.328. The number of nitrogens with one attached hydrogen (secondary N) is 1. The number of carboxylic acid groups (broad SMARTS) is 1. The van der Waals surface area contributed by atoms with Crippen LogP contribution in [0, 0.1) is 16.0 Å². The minimum atomic E-state index is -1.16. The molecule has 1 aromatic rings. The Bertz CT molecular complexity index is 732. The van der Waals surface area contributed by atoms with Crippen LogP contribution in [-0.4, -0.2) is 47.0 Å². The van der Waals surface area contributed by atoms with Crippen LogP contribution in [0.1, 0.15) is 13.8 Å². The van der Waals surface area contributed by atoms with E-state index in [0.29, 0.717) is 5.69 Å². The lowest BCUT2D eigenvalue weighted by Gasteiger charge is -2.29. The van der Waals surface area contributed by atoms with Gasteiger partial charge in [0.05, 0.1) is 23.2 Å². The van der Waals surface area contributed by atoms with E-state index >= 15 is 0 Å². The van der Waals surface area contributed by atoms with Gasteiger partial charge >= 0.3 is 11.9 Å². The van der Waals surface area contributed by atoms with Gasteiger partial charge in [-0.15, -0.1) is 0 Å². The van der Waals surface area contributed by atoms with Crippen molar-refractivity contribution in [3.05, 3.63) is 28.3 Å². The number of hydrogen-bond donors (Lipinski definition) is 2. The summed E-state index contributed by atoms with van der Waals surface area (Å²) in [6.07, 6.45) is 0. The van der Waals surface area contributed by atoms with Crippen molar-refractivity contribution >= 4 is 29.2 Å². The molecule has 1 atom stereocenters. The Hall–Kier alpha value is -3.17. The smallest absolute Gasteiger partial charge is 0.331 e. The first-order valence-corrected chi connectivity index (χ1v) is 7.45. The van der Waals surface area contributed by atoms with Crippen molar-refractivity contribution in [1.82, 2.24) is 5.32 Å². The van der Waals surface area contributed by atoms with Gasteiger partial charge in [-0.05, 0) is 12.0 Å². The highest BCUT2D eigenvalue weighted by molar-refractivity contribution is 5.91. The molecule has 0 aromatic heterocycles. The number of fused-ring (bicyclic) bond motifs is 1. The Morgan fingerprint density at radius 3 is 2.68 bits per heavy atom. The van der Waals surface area contributed by atoms with Crippen LogP contribution in [0.3, 0.4) is 0 Å². The van der Waals surface area contributed by atoms with Crippen molar-refractivity contribution in [2.45, 2.75) is 19.9 Å². The average molecular weight is 351 g/mol. The highest BCUT2D eigenvalue weighted by atomic mass is 16.6. The Labute approximate surface area is 142 Å². The van der Waals surface area contributed by atoms with Crippen molar-refractivity contribution in [3.63, 3.8) is 0 Å². The third-order valence-electron chi connectivity index (χ3n) is 3.62. The second kappa shape index (κ2) is 7.16. The zero-order valence-electron chi connectivity index (χ0n) is 13.6. The lowest BCUT2D eigenvalue weighted by atomic mass is 10.0. The molecule has 2 rings (SSSR count). The molecule has 10 heteroatoms. The second-order valence-electron chi connectivity index (χ2n) is 5.87. The molecule has 2 N–H and O–H groups in total. The van der Waals surface area contributed by atoms with Crippen molar-refractivity contribution in [3.8, 4) is 5.75 Å². The van der Waals surface area contributed by atoms with Crippen LogP contribution in [0.4, 0.5) is 11.4 Å². The lowest BCUT2D eigenvalue weighted by molar-refractivity contribution is -0.384. The molecule has 134 valence electrons. The minimum Gasteiger partial charge on any atom is -0.480 e. The lowest BCUT2D eigenvalue weighted by Crippen LogP contribution is -2.49. The molecule has 0 aliphatic carbocycles. The fourth-order valence-electron chi connectivity index (χ4n) is 2.40. The van der Waals surface area contributed by atoms with Gasteiger partial charge in [0.15, 0.2) is 5.75 Å². The third kappa shape index (κ3) is 4.22. The van der Waals surface area contributed by atoms with E-state index in [1.54, 1.807) is 13.8 Å². The second-order valence-corrected chi connectivity index (χ2v) is 5.87. The first-order chi connectivity index (χ1) is 11.7. The van der Waals surface area contributed by atoms with Crippen LogP contribution in [0.5, 0.6) is 5.75 Å². The Morgan fingerprint density at radius 1 is 1.44 bits per heavy atom. The maximum atomic E-state index is 12.1. The molecule has 0 saturated heterocycles. The molecule has 0 fully saturated rings. The summed E-state index contributed by atoms with van der Waals surface area (Å²) in [6.45, 7) is 2.81. The molecule has 1 unspecified atom stereocenters.